The Balaban J connectivity index is 1.53. The molecule has 182 valence electrons. The van der Waals surface area contributed by atoms with Gasteiger partial charge in [-0.15, -0.1) is 11.3 Å². The molecular formula is C24H29ClN4O4S. The van der Waals surface area contributed by atoms with Gasteiger partial charge < -0.3 is 14.4 Å². The second-order valence-corrected chi connectivity index (χ2v) is 9.56. The van der Waals surface area contributed by atoms with Crippen LogP contribution in [-0.4, -0.2) is 92.0 Å². The zero-order valence-electron chi connectivity index (χ0n) is 19.2. The minimum Gasteiger partial charge on any atom is -0.379 e. The molecule has 1 aromatic carbocycles. The summed E-state index contributed by atoms with van der Waals surface area (Å²) in [6.07, 6.45) is 0.565. The Hall–Kier alpha value is -2.30. The molecule has 0 aliphatic carbocycles. The molecule has 1 aromatic heterocycles. The maximum absolute atomic E-state index is 13.5. The number of methoxy groups -OCH3 is 1. The van der Waals surface area contributed by atoms with Gasteiger partial charge in [0.05, 0.1) is 29.8 Å². The van der Waals surface area contributed by atoms with Crippen molar-refractivity contribution >= 4 is 40.5 Å². The summed E-state index contributed by atoms with van der Waals surface area (Å²) in [6, 6.07) is 11.2. The molecule has 34 heavy (non-hydrogen) atoms. The van der Waals surface area contributed by atoms with E-state index in [1.165, 1.54) is 12.1 Å². The van der Waals surface area contributed by atoms with E-state index in [1.54, 1.807) is 16.2 Å². The van der Waals surface area contributed by atoms with Gasteiger partial charge in [-0.3, -0.25) is 14.5 Å². The van der Waals surface area contributed by atoms with E-state index < -0.39 is 0 Å². The molecule has 2 amide bonds. The van der Waals surface area contributed by atoms with Crippen LogP contribution in [-0.2, 0) is 19.1 Å². The average Bonchev–Trinajstić information content (AvgIpc) is 3.53. The summed E-state index contributed by atoms with van der Waals surface area (Å²) in [5.74, 6) is -0.469. The highest BCUT2D eigenvalue weighted by Gasteiger charge is 2.35. The van der Waals surface area contributed by atoms with Crippen molar-refractivity contribution in [3.8, 4) is 0 Å². The van der Waals surface area contributed by atoms with Crippen LogP contribution >= 0.6 is 22.9 Å². The summed E-state index contributed by atoms with van der Waals surface area (Å²) in [5, 5.41) is 8.77. The van der Waals surface area contributed by atoms with Crippen LogP contribution in [0.25, 0.3) is 0 Å². The second kappa shape index (κ2) is 11.9. The molecule has 8 nitrogen and oxygen atoms in total. The van der Waals surface area contributed by atoms with Crippen LogP contribution in [0, 0.1) is 0 Å². The quantitative estimate of drug-likeness (QED) is 0.525. The fourth-order valence-electron chi connectivity index (χ4n) is 4.15. The lowest BCUT2D eigenvalue weighted by molar-refractivity contribution is -0.143. The number of amides is 2. The fourth-order valence-corrected chi connectivity index (χ4v) is 5.13. The van der Waals surface area contributed by atoms with E-state index in [9.17, 15) is 9.59 Å². The van der Waals surface area contributed by atoms with Crippen molar-refractivity contribution in [2.45, 2.75) is 12.5 Å². The molecule has 1 fully saturated rings. The predicted octanol–water partition coefficient (Wildman–Crippen LogP) is 2.89. The van der Waals surface area contributed by atoms with Gasteiger partial charge in [-0.05, 0) is 23.1 Å². The van der Waals surface area contributed by atoms with Crippen LogP contribution in [0.5, 0.6) is 0 Å². The van der Waals surface area contributed by atoms with Crippen molar-refractivity contribution in [1.29, 1.82) is 0 Å². The van der Waals surface area contributed by atoms with E-state index in [0.717, 1.165) is 29.2 Å². The van der Waals surface area contributed by atoms with E-state index in [2.05, 4.69) is 4.90 Å². The number of halogens is 1. The number of hydrogen-bond donors (Lipinski definition) is 0. The maximum atomic E-state index is 13.5. The van der Waals surface area contributed by atoms with Crippen LogP contribution < -0.4 is 0 Å². The molecule has 2 aliphatic heterocycles. The lowest BCUT2D eigenvalue weighted by atomic mass is 10.0. The summed E-state index contributed by atoms with van der Waals surface area (Å²) in [6.45, 7) is 3.94. The van der Waals surface area contributed by atoms with E-state index >= 15 is 0 Å². The number of carbonyl (C=O) groups is 2. The highest BCUT2D eigenvalue weighted by molar-refractivity contribution is 7.12. The molecule has 1 saturated heterocycles. The molecule has 0 radical (unpaired) electrons. The van der Waals surface area contributed by atoms with Crippen molar-refractivity contribution in [3.05, 3.63) is 57.2 Å². The Morgan fingerprint density at radius 1 is 1.24 bits per heavy atom. The summed E-state index contributed by atoms with van der Waals surface area (Å²) in [4.78, 5) is 31.1. The Morgan fingerprint density at radius 3 is 2.74 bits per heavy atom. The van der Waals surface area contributed by atoms with Gasteiger partial charge in [0.15, 0.2) is 0 Å². The molecular weight excluding hydrogens is 476 g/mol. The third-order valence-corrected chi connectivity index (χ3v) is 7.24. The monoisotopic (exact) mass is 504 g/mol. The molecule has 0 spiro atoms. The lowest BCUT2D eigenvalue weighted by Crippen LogP contribution is -2.47. The highest BCUT2D eigenvalue weighted by Crippen LogP contribution is 2.37. The molecule has 4 rings (SSSR count). The van der Waals surface area contributed by atoms with Gasteiger partial charge in [0.25, 0.3) is 5.91 Å². The number of benzene rings is 1. The third kappa shape index (κ3) is 6.03. The molecule has 0 N–H and O–H groups in total. The lowest BCUT2D eigenvalue weighted by Gasteiger charge is -2.31. The van der Waals surface area contributed by atoms with Crippen LogP contribution in [0.3, 0.4) is 0 Å². The average molecular weight is 505 g/mol. The van der Waals surface area contributed by atoms with Crippen LogP contribution in [0.1, 0.15) is 22.9 Å². The van der Waals surface area contributed by atoms with E-state index in [0.29, 0.717) is 37.7 Å². The van der Waals surface area contributed by atoms with Crippen molar-refractivity contribution in [2.75, 3.05) is 59.7 Å². The summed E-state index contributed by atoms with van der Waals surface area (Å²) < 4.78 is 10.5. The Bertz CT molecular complexity index is 1010. The number of hydrogen-bond acceptors (Lipinski definition) is 7. The van der Waals surface area contributed by atoms with Crippen molar-refractivity contribution < 1.29 is 19.1 Å². The van der Waals surface area contributed by atoms with Crippen molar-refractivity contribution in [1.82, 2.24) is 14.8 Å². The summed E-state index contributed by atoms with van der Waals surface area (Å²) in [5.41, 5.74) is 1.69. The molecule has 0 unspecified atom stereocenters. The fraction of sp³-hybridized carbons (Fsp3) is 0.458. The molecule has 3 heterocycles. The molecule has 10 heteroatoms. The number of hydrazone groups is 1. The van der Waals surface area contributed by atoms with Crippen molar-refractivity contribution in [3.63, 3.8) is 0 Å². The summed E-state index contributed by atoms with van der Waals surface area (Å²) >= 11 is 8.08. The third-order valence-electron chi connectivity index (χ3n) is 5.97. The van der Waals surface area contributed by atoms with Crippen molar-refractivity contribution in [2.24, 2.45) is 5.10 Å². The number of nitrogens with zero attached hydrogens (tertiary/aromatic N) is 4. The number of carbonyl (C=O) groups excluding carboxylic acids is 2. The minimum absolute atomic E-state index is 0.0747. The molecule has 2 aliphatic rings. The first kappa shape index (κ1) is 24.8. The van der Waals surface area contributed by atoms with Gasteiger partial charge in [-0.2, -0.15) is 5.10 Å². The van der Waals surface area contributed by atoms with Crippen LogP contribution in [0.15, 0.2) is 46.9 Å². The van der Waals surface area contributed by atoms with Gasteiger partial charge in [-0.1, -0.05) is 35.9 Å². The van der Waals surface area contributed by atoms with Gasteiger partial charge in [0.1, 0.15) is 13.2 Å². The van der Waals surface area contributed by atoms with Gasteiger partial charge in [0, 0.05) is 44.7 Å². The van der Waals surface area contributed by atoms with Crippen LogP contribution in [0.4, 0.5) is 0 Å². The van der Waals surface area contributed by atoms with E-state index in [4.69, 9.17) is 26.2 Å². The van der Waals surface area contributed by atoms with Gasteiger partial charge >= 0.3 is 0 Å². The largest absolute Gasteiger partial charge is 0.379 e. The first-order valence-electron chi connectivity index (χ1n) is 11.3. The van der Waals surface area contributed by atoms with E-state index in [-0.39, 0.29) is 31.0 Å². The zero-order valence-corrected chi connectivity index (χ0v) is 20.8. The zero-order chi connectivity index (χ0) is 23.9. The minimum atomic E-state index is -0.322. The maximum Gasteiger partial charge on any atom is 0.262 e. The molecule has 0 bridgehead atoms. The number of thiophene rings is 1. The summed E-state index contributed by atoms with van der Waals surface area (Å²) in [7, 11) is 1.48. The van der Waals surface area contributed by atoms with Gasteiger partial charge in [0.2, 0.25) is 5.91 Å². The normalized spacial score (nSPS) is 18.7. The topological polar surface area (TPSA) is 74.7 Å². The number of morpholine rings is 1. The predicted molar refractivity (Wildman–Crippen MR) is 132 cm³/mol. The Kier molecular flexibility index (Phi) is 8.69. The molecule has 1 atom stereocenters. The second-order valence-electron chi connectivity index (χ2n) is 8.21. The first-order chi connectivity index (χ1) is 16.6. The van der Waals surface area contributed by atoms with Crippen LogP contribution in [0.2, 0.25) is 5.02 Å². The molecule has 0 saturated carbocycles. The number of ether oxygens (including phenoxy) is 2. The highest BCUT2D eigenvalue weighted by atomic mass is 35.5. The molecule has 2 aromatic rings. The smallest absolute Gasteiger partial charge is 0.262 e. The SMILES string of the molecule is COCC(=O)N(CCN1CCOCC1)CC(=O)N1N=C(c2cccs2)C[C@@H]1c1ccccc1Cl. The Labute approximate surface area is 208 Å². The van der Waals surface area contributed by atoms with Gasteiger partial charge in [-0.25, -0.2) is 5.01 Å². The number of rotatable bonds is 9. The Morgan fingerprint density at radius 2 is 2.03 bits per heavy atom. The standard InChI is InChI=1S/C24H29ClN4O4S/c1-32-17-24(31)28(9-8-27-10-12-33-13-11-27)16-23(30)29-21(18-5-2-3-6-19(18)25)15-20(26-29)22-7-4-14-34-22/h2-7,14,21H,8-13,15-17H2,1H3/t21-/m1/s1. The first-order valence-corrected chi connectivity index (χ1v) is 12.6. The van der Waals surface area contributed by atoms with E-state index in [1.807, 2.05) is 41.8 Å².